The molecule has 3 nitrogen and oxygen atoms in total. The van der Waals surface area contributed by atoms with E-state index in [-0.39, 0.29) is 0 Å². The van der Waals surface area contributed by atoms with Crippen LogP contribution < -0.4 is 4.90 Å². The molecule has 0 saturated carbocycles. The fourth-order valence-electron chi connectivity index (χ4n) is 1.58. The van der Waals surface area contributed by atoms with E-state index in [1.54, 1.807) is 13.1 Å². The number of thiazole rings is 1. The molecule has 0 aliphatic heterocycles. The minimum absolute atomic E-state index is 0.458. The molecule has 0 aliphatic rings. The van der Waals surface area contributed by atoms with Crippen molar-refractivity contribution in [3.63, 3.8) is 0 Å². The molecule has 1 N–H and O–H groups in total. The van der Waals surface area contributed by atoms with Gasteiger partial charge >= 0.3 is 0 Å². The molecule has 0 amide bonds. The Morgan fingerprint density at radius 3 is 2.61 bits per heavy atom. The number of aliphatic hydroxyl groups excluding tert-OH is 1. The highest BCUT2D eigenvalue weighted by molar-refractivity contribution is 7.15. The first-order valence-corrected chi connectivity index (χ1v) is 6.85. The van der Waals surface area contributed by atoms with Crippen molar-refractivity contribution in [3.8, 4) is 0 Å². The largest absolute Gasteiger partial charge is 0.388 e. The van der Waals surface area contributed by atoms with E-state index in [0.29, 0.717) is 0 Å². The third-order valence-electron chi connectivity index (χ3n) is 2.58. The number of hydrogen-bond acceptors (Lipinski definition) is 4. The van der Waals surface area contributed by atoms with E-state index in [4.69, 9.17) is 11.6 Å². The SMILES string of the molecule is CC(O)c1cnc(N(C)Cc2ccc(Cl)cc2)s1. The monoisotopic (exact) mass is 282 g/mol. The van der Waals surface area contributed by atoms with Gasteiger partial charge in [0.2, 0.25) is 0 Å². The maximum atomic E-state index is 9.48. The summed E-state index contributed by atoms with van der Waals surface area (Å²) in [7, 11) is 1.99. The Balaban J connectivity index is 2.06. The first-order valence-electron chi connectivity index (χ1n) is 5.65. The molecule has 0 saturated heterocycles. The van der Waals surface area contributed by atoms with E-state index in [9.17, 15) is 5.11 Å². The van der Waals surface area contributed by atoms with Crippen LogP contribution in [0.1, 0.15) is 23.5 Å². The molecule has 1 unspecified atom stereocenters. The van der Waals surface area contributed by atoms with Crippen molar-refractivity contribution in [2.24, 2.45) is 0 Å². The first kappa shape index (κ1) is 13.3. The van der Waals surface area contributed by atoms with Crippen LogP contribution in [-0.2, 0) is 6.54 Å². The Kier molecular flexibility index (Phi) is 4.22. The van der Waals surface area contributed by atoms with Gasteiger partial charge < -0.3 is 10.0 Å². The van der Waals surface area contributed by atoms with Crippen LogP contribution in [0.5, 0.6) is 0 Å². The van der Waals surface area contributed by atoms with Gasteiger partial charge in [-0.1, -0.05) is 35.1 Å². The second kappa shape index (κ2) is 5.69. The summed E-state index contributed by atoms with van der Waals surface area (Å²) in [5.41, 5.74) is 1.18. The van der Waals surface area contributed by atoms with Crippen molar-refractivity contribution in [2.75, 3.05) is 11.9 Å². The maximum Gasteiger partial charge on any atom is 0.185 e. The molecule has 1 aromatic carbocycles. The van der Waals surface area contributed by atoms with Crippen LogP contribution in [0.4, 0.5) is 5.13 Å². The van der Waals surface area contributed by atoms with E-state index in [2.05, 4.69) is 9.88 Å². The topological polar surface area (TPSA) is 36.4 Å². The quantitative estimate of drug-likeness (QED) is 0.933. The Bertz CT molecular complexity index is 510. The van der Waals surface area contributed by atoms with Gasteiger partial charge in [0.05, 0.1) is 11.0 Å². The van der Waals surface area contributed by atoms with E-state index in [1.807, 2.05) is 31.3 Å². The predicted molar refractivity (Wildman–Crippen MR) is 76.3 cm³/mol. The Morgan fingerprint density at radius 1 is 1.39 bits per heavy atom. The van der Waals surface area contributed by atoms with Crippen LogP contribution in [-0.4, -0.2) is 17.1 Å². The highest BCUT2D eigenvalue weighted by Gasteiger charge is 2.10. The van der Waals surface area contributed by atoms with Crippen LogP contribution in [0.25, 0.3) is 0 Å². The van der Waals surface area contributed by atoms with Gasteiger partial charge in [-0.25, -0.2) is 4.98 Å². The fraction of sp³-hybridized carbons (Fsp3) is 0.308. The first-order chi connectivity index (χ1) is 8.56. The molecule has 0 bridgehead atoms. The maximum absolute atomic E-state index is 9.48. The standard InChI is InChI=1S/C13H15ClN2OS/c1-9(17)12-7-15-13(18-12)16(2)8-10-3-5-11(14)6-4-10/h3-7,9,17H,8H2,1-2H3. The van der Waals surface area contributed by atoms with Crippen molar-refractivity contribution in [2.45, 2.75) is 19.6 Å². The van der Waals surface area contributed by atoms with Crippen molar-refractivity contribution in [3.05, 3.63) is 45.9 Å². The minimum Gasteiger partial charge on any atom is -0.388 e. The van der Waals surface area contributed by atoms with E-state index >= 15 is 0 Å². The lowest BCUT2D eigenvalue weighted by molar-refractivity contribution is 0.203. The lowest BCUT2D eigenvalue weighted by Gasteiger charge is -2.15. The number of anilines is 1. The highest BCUT2D eigenvalue weighted by atomic mass is 35.5. The number of rotatable bonds is 4. The van der Waals surface area contributed by atoms with Gasteiger partial charge in [0.25, 0.3) is 0 Å². The molecule has 0 aliphatic carbocycles. The van der Waals surface area contributed by atoms with Gasteiger partial charge in [-0.15, -0.1) is 0 Å². The number of hydrogen-bond donors (Lipinski definition) is 1. The van der Waals surface area contributed by atoms with Crippen LogP contribution >= 0.6 is 22.9 Å². The van der Waals surface area contributed by atoms with Crippen LogP contribution in [0.2, 0.25) is 5.02 Å². The zero-order chi connectivity index (χ0) is 13.1. The normalized spacial score (nSPS) is 12.4. The Hall–Kier alpha value is -1.10. The number of aromatic nitrogens is 1. The number of nitrogens with zero attached hydrogens (tertiary/aromatic N) is 2. The predicted octanol–water partition coefficient (Wildman–Crippen LogP) is 3.49. The van der Waals surface area contributed by atoms with Gasteiger partial charge in [0.15, 0.2) is 5.13 Å². The van der Waals surface area contributed by atoms with Crippen LogP contribution in [0.15, 0.2) is 30.5 Å². The minimum atomic E-state index is -0.458. The second-order valence-electron chi connectivity index (χ2n) is 4.20. The van der Waals surface area contributed by atoms with E-state index < -0.39 is 6.10 Å². The summed E-state index contributed by atoms with van der Waals surface area (Å²) in [5.74, 6) is 0. The second-order valence-corrected chi connectivity index (χ2v) is 5.68. The third-order valence-corrected chi connectivity index (χ3v) is 4.12. The molecule has 1 atom stereocenters. The van der Waals surface area contributed by atoms with Gasteiger partial charge in [-0.2, -0.15) is 0 Å². The lowest BCUT2D eigenvalue weighted by atomic mass is 10.2. The molecule has 0 radical (unpaired) electrons. The van der Waals surface area contributed by atoms with Crippen LogP contribution in [0, 0.1) is 0 Å². The molecule has 96 valence electrons. The zero-order valence-electron chi connectivity index (χ0n) is 10.3. The summed E-state index contributed by atoms with van der Waals surface area (Å²) in [6.45, 7) is 2.51. The summed E-state index contributed by atoms with van der Waals surface area (Å²) in [6, 6.07) is 7.77. The summed E-state index contributed by atoms with van der Waals surface area (Å²) in [5, 5.41) is 11.1. The molecular weight excluding hydrogens is 268 g/mol. The van der Waals surface area contributed by atoms with Crippen molar-refractivity contribution >= 4 is 28.1 Å². The summed E-state index contributed by atoms with van der Waals surface area (Å²) < 4.78 is 0. The molecule has 0 spiro atoms. The molecule has 1 aromatic heterocycles. The fourth-order valence-corrected chi connectivity index (χ4v) is 2.52. The smallest absolute Gasteiger partial charge is 0.185 e. The molecule has 2 aromatic rings. The van der Waals surface area contributed by atoms with Gasteiger partial charge in [-0.3, -0.25) is 0 Å². The summed E-state index contributed by atoms with van der Waals surface area (Å²) in [4.78, 5) is 7.25. The number of aliphatic hydroxyl groups is 1. The van der Waals surface area contributed by atoms with E-state index in [1.165, 1.54) is 16.9 Å². The Morgan fingerprint density at radius 2 is 2.06 bits per heavy atom. The van der Waals surface area contributed by atoms with E-state index in [0.717, 1.165) is 21.6 Å². The number of halogens is 1. The van der Waals surface area contributed by atoms with Crippen LogP contribution in [0.3, 0.4) is 0 Å². The lowest BCUT2D eigenvalue weighted by Crippen LogP contribution is -2.15. The van der Waals surface area contributed by atoms with Gasteiger partial charge in [0.1, 0.15) is 0 Å². The summed E-state index contributed by atoms with van der Waals surface area (Å²) in [6.07, 6.45) is 1.27. The summed E-state index contributed by atoms with van der Waals surface area (Å²) >= 11 is 7.36. The van der Waals surface area contributed by atoms with Crippen molar-refractivity contribution in [1.29, 1.82) is 0 Å². The van der Waals surface area contributed by atoms with Gasteiger partial charge in [0, 0.05) is 24.8 Å². The average Bonchev–Trinajstić information content (AvgIpc) is 2.81. The molecule has 0 fully saturated rings. The molecular formula is C13H15ClN2OS. The Labute approximate surface area is 116 Å². The number of benzene rings is 1. The van der Waals surface area contributed by atoms with Crippen molar-refractivity contribution < 1.29 is 5.11 Å². The van der Waals surface area contributed by atoms with Crippen molar-refractivity contribution in [1.82, 2.24) is 4.98 Å². The molecule has 1 heterocycles. The zero-order valence-corrected chi connectivity index (χ0v) is 11.9. The molecule has 5 heteroatoms. The third kappa shape index (κ3) is 3.22. The molecule has 2 rings (SSSR count). The van der Waals surface area contributed by atoms with Gasteiger partial charge in [-0.05, 0) is 24.6 Å². The highest BCUT2D eigenvalue weighted by Crippen LogP contribution is 2.27. The molecule has 18 heavy (non-hydrogen) atoms. The average molecular weight is 283 g/mol.